The molecular weight excluding hydrogens is 561 g/mol. The van der Waals surface area contributed by atoms with Gasteiger partial charge in [0.2, 0.25) is 0 Å². The minimum absolute atomic E-state index is 0.165. The van der Waals surface area contributed by atoms with Crippen LogP contribution in [0.1, 0.15) is 25.5 Å². The van der Waals surface area contributed by atoms with Crippen molar-refractivity contribution in [2.45, 2.75) is 30.1 Å². The first-order chi connectivity index (χ1) is 16.4. The van der Waals surface area contributed by atoms with E-state index in [9.17, 15) is 5.21 Å². The summed E-state index contributed by atoms with van der Waals surface area (Å²) in [6.07, 6.45) is 4.93. The van der Waals surface area contributed by atoms with Gasteiger partial charge in [-0.1, -0.05) is 50.4 Å². The van der Waals surface area contributed by atoms with Crippen LogP contribution >= 0.6 is 50.9 Å². The number of hydrogen-bond donors (Lipinski definition) is 1. The van der Waals surface area contributed by atoms with Gasteiger partial charge in [0.15, 0.2) is 11.0 Å². The fourth-order valence-electron chi connectivity index (χ4n) is 3.56. The van der Waals surface area contributed by atoms with Gasteiger partial charge in [0.25, 0.3) is 0 Å². The van der Waals surface area contributed by atoms with Gasteiger partial charge in [0, 0.05) is 27.7 Å². The Kier molecular flexibility index (Phi) is 6.24. The van der Waals surface area contributed by atoms with Gasteiger partial charge in [0.05, 0.1) is 32.8 Å². The van der Waals surface area contributed by atoms with Crippen molar-refractivity contribution < 1.29 is 5.21 Å². The van der Waals surface area contributed by atoms with Gasteiger partial charge in [-0.15, -0.1) is 10.2 Å². The molecule has 0 atom stereocenters. The number of hydrogen-bond acceptors (Lipinski definition) is 7. The lowest BCUT2D eigenvalue weighted by Crippen LogP contribution is -2.05. The van der Waals surface area contributed by atoms with E-state index < -0.39 is 0 Å². The summed E-state index contributed by atoms with van der Waals surface area (Å²) in [5, 5.41) is 23.7. The van der Waals surface area contributed by atoms with Crippen LogP contribution in [0.2, 0.25) is 10.0 Å². The molecule has 3 heterocycles. The first-order valence-corrected chi connectivity index (χ1v) is 12.4. The van der Waals surface area contributed by atoms with E-state index in [-0.39, 0.29) is 6.04 Å². The smallest absolute Gasteiger partial charge is 0.197 e. The summed E-state index contributed by atoms with van der Waals surface area (Å²) in [4.78, 5) is 9.79. The lowest BCUT2D eigenvalue weighted by Gasteiger charge is -2.13. The fraction of sp³-hybridized carbons (Fsp3) is 0.136. The average Bonchev–Trinajstić information content (AvgIpc) is 3.39. The zero-order chi connectivity index (χ0) is 24.0. The van der Waals surface area contributed by atoms with Crippen LogP contribution < -0.4 is 0 Å². The van der Waals surface area contributed by atoms with Crippen molar-refractivity contribution in [1.29, 1.82) is 0 Å². The average molecular weight is 577 g/mol. The Hall–Kier alpha value is -2.66. The molecule has 0 amide bonds. The molecule has 0 aliphatic rings. The van der Waals surface area contributed by atoms with Crippen LogP contribution in [-0.2, 0) is 0 Å². The fourth-order valence-corrected chi connectivity index (χ4v) is 5.23. The van der Waals surface area contributed by atoms with Crippen LogP contribution in [0.4, 0.5) is 0 Å². The SMILES string of the molecule is CC(C)n1cnnc1Sc1nc2cc(Cl)c(Cl)cc2nc1-n1cc(C=NO)c2ccc(Br)cc21. The Balaban J connectivity index is 1.80. The molecule has 5 aromatic rings. The number of rotatable bonds is 5. The molecule has 0 unspecified atom stereocenters. The summed E-state index contributed by atoms with van der Waals surface area (Å²) in [7, 11) is 0. The highest BCUT2D eigenvalue weighted by Gasteiger charge is 2.20. The Labute approximate surface area is 216 Å². The zero-order valence-electron chi connectivity index (χ0n) is 17.8. The first kappa shape index (κ1) is 23.1. The molecule has 0 aliphatic carbocycles. The maximum Gasteiger partial charge on any atom is 0.197 e. The maximum atomic E-state index is 9.19. The molecule has 34 heavy (non-hydrogen) atoms. The third-order valence-corrected chi connectivity index (χ3v) is 7.32. The number of fused-ring (bicyclic) bond motifs is 2. The van der Waals surface area contributed by atoms with E-state index in [1.807, 2.05) is 33.5 Å². The van der Waals surface area contributed by atoms with Crippen molar-refractivity contribution in [3.8, 4) is 5.82 Å². The van der Waals surface area contributed by atoms with E-state index in [0.717, 1.165) is 20.9 Å². The molecule has 0 radical (unpaired) electrons. The molecule has 0 fully saturated rings. The highest BCUT2D eigenvalue weighted by atomic mass is 79.9. The van der Waals surface area contributed by atoms with Crippen molar-refractivity contribution >= 4 is 79.0 Å². The van der Waals surface area contributed by atoms with Crippen LogP contribution in [0.25, 0.3) is 27.8 Å². The largest absolute Gasteiger partial charge is 0.411 e. The topological polar surface area (TPSA) is 94.0 Å². The molecule has 0 spiro atoms. The van der Waals surface area contributed by atoms with Crippen LogP contribution in [0, 0.1) is 0 Å². The van der Waals surface area contributed by atoms with E-state index >= 15 is 0 Å². The summed E-state index contributed by atoms with van der Waals surface area (Å²) in [5.41, 5.74) is 2.77. The Bertz CT molecular complexity index is 1580. The molecule has 5 rings (SSSR count). The molecule has 0 saturated carbocycles. The van der Waals surface area contributed by atoms with Crippen molar-refractivity contribution in [3.63, 3.8) is 0 Å². The molecule has 172 valence electrons. The summed E-state index contributed by atoms with van der Waals surface area (Å²) in [5.74, 6) is 0.565. The predicted molar refractivity (Wildman–Crippen MR) is 138 cm³/mol. The molecule has 0 aliphatic heterocycles. The highest BCUT2D eigenvalue weighted by Crippen LogP contribution is 2.36. The van der Waals surface area contributed by atoms with E-state index in [0.29, 0.717) is 37.1 Å². The van der Waals surface area contributed by atoms with Gasteiger partial charge in [0.1, 0.15) is 11.4 Å². The van der Waals surface area contributed by atoms with Gasteiger partial charge in [-0.2, -0.15) is 0 Å². The van der Waals surface area contributed by atoms with Crippen molar-refractivity contribution in [3.05, 3.63) is 62.9 Å². The quantitative estimate of drug-likeness (QED) is 0.141. The van der Waals surface area contributed by atoms with E-state index in [2.05, 4.69) is 45.1 Å². The van der Waals surface area contributed by atoms with E-state index in [1.54, 1.807) is 18.5 Å². The first-order valence-electron chi connectivity index (χ1n) is 10.1. The second kappa shape index (κ2) is 9.18. The molecule has 0 bridgehead atoms. The summed E-state index contributed by atoms with van der Waals surface area (Å²) >= 11 is 17.4. The van der Waals surface area contributed by atoms with Crippen LogP contribution in [0.15, 0.2) is 62.7 Å². The van der Waals surface area contributed by atoms with Crippen molar-refractivity contribution in [2.24, 2.45) is 5.16 Å². The second-order valence-corrected chi connectivity index (χ2v) is 10.4. The van der Waals surface area contributed by atoms with Crippen LogP contribution in [0.5, 0.6) is 0 Å². The molecule has 1 N–H and O–H groups in total. The Morgan fingerprint density at radius 2 is 1.85 bits per heavy atom. The Morgan fingerprint density at radius 3 is 2.56 bits per heavy atom. The van der Waals surface area contributed by atoms with Crippen LogP contribution in [-0.4, -0.2) is 40.7 Å². The third kappa shape index (κ3) is 4.15. The molecule has 0 saturated heterocycles. The minimum Gasteiger partial charge on any atom is -0.411 e. The molecule has 3 aromatic heterocycles. The van der Waals surface area contributed by atoms with Gasteiger partial charge >= 0.3 is 0 Å². The molecule has 8 nitrogen and oxygen atoms in total. The Morgan fingerprint density at radius 1 is 1.12 bits per heavy atom. The van der Waals surface area contributed by atoms with Gasteiger partial charge < -0.3 is 9.77 Å². The van der Waals surface area contributed by atoms with E-state index in [4.69, 9.17) is 33.2 Å². The summed E-state index contributed by atoms with van der Waals surface area (Å²) < 4.78 is 4.76. The lowest BCUT2D eigenvalue weighted by atomic mass is 10.2. The van der Waals surface area contributed by atoms with Crippen LogP contribution in [0.3, 0.4) is 0 Å². The standard InChI is InChI=1S/C22H16BrCl2N7OS/c1-11(2)32-10-26-30-22(32)34-21-20(28-17-6-15(24)16(25)7-18(17)29-21)31-9-12(8-27-33)14-4-3-13(23)5-19(14)31/h3-11,33H,1-2H3. The van der Waals surface area contributed by atoms with E-state index in [1.165, 1.54) is 18.0 Å². The second-order valence-electron chi connectivity index (χ2n) is 7.68. The minimum atomic E-state index is 0.165. The predicted octanol–water partition coefficient (Wildman–Crippen LogP) is 6.77. The number of nitrogens with zero attached hydrogens (tertiary/aromatic N) is 7. The normalized spacial score (nSPS) is 12.1. The highest BCUT2D eigenvalue weighted by molar-refractivity contribution is 9.10. The zero-order valence-corrected chi connectivity index (χ0v) is 21.7. The molecule has 2 aromatic carbocycles. The number of halogens is 3. The number of aromatic nitrogens is 6. The summed E-state index contributed by atoms with van der Waals surface area (Å²) in [6.45, 7) is 4.11. The number of oxime groups is 1. The maximum absolute atomic E-state index is 9.19. The molecular formula is C22H16BrCl2N7OS. The van der Waals surface area contributed by atoms with Gasteiger partial charge in [-0.3, -0.25) is 4.57 Å². The molecule has 12 heteroatoms. The third-order valence-electron chi connectivity index (χ3n) is 5.17. The van der Waals surface area contributed by atoms with Crippen molar-refractivity contribution in [1.82, 2.24) is 29.3 Å². The monoisotopic (exact) mass is 575 g/mol. The summed E-state index contributed by atoms with van der Waals surface area (Å²) in [6, 6.07) is 9.39. The van der Waals surface area contributed by atoms with Gasteiger partial charge in [-0.25, -0.2) is 9.97 Å². The van der Waals surface area contributed by atoms with Gasteiger partial charge in [-0.05, 0) is 49.9 Å². The lowest BCUT2D eigenvalue weighted by molar-refractivity contribution is 0.322. The number of benzene rings is 2. The van der Waals surface area contributed by atoms with Crippen molar-refractivity contribution in [2.75, 3.05) is 0 Å².